The van der Waals surface area contributed by atoms with Crippen molar-refractivity contribution in [2.75, 3.05) is 36.5 Å². The average Bonchev–Trinajstić information content (AvgIpc) is 3.00. The number of para-hydroxylation sites is 1. The van der Waals surface area contributed by atoms with Gasteiger partial charge in [-0.25, -0.2) is 13.2 Å². The van der Waals surface area contributed by atoms with E-state index in [1.807, 2.05) is 41.3 Å². The van der Waals surface area contributed by atoms with Crippen LogP contribution < -0.4 is 10.6 Å². The molecule has 1 aliphatic carbocycles. The molecule has 2 aliphatic rings. The summed E-state index contributed by atoms with van der Waals surface area (Å²) in [5, 5.41) is 6.05. The lowest BCUT2D eigenvalue weighted by atomic mass is 9.86. The first kappa shape index (κ1) is 29.8. The number of hydrogen-bond donors (Lipinski definition) is 2. The number of fused-ring (bicyclic) bond motifs is 1. The lowest BCUT2D eigenvalue weighted by Crippen LogP contribution is -2.53. The van der Waals surface area contributed by atoms with E-state index < -0.39 is 9.84 Å². The number of hydrogen-bond acceptors (Lipinski definition) is 5. The maximum absolute atomic E-state index is 13.2. The quantitative estimate of drug-likeness (QED) is 0.357. The van der Waals surface area contributed by atoms with Gasteiger partial charge in [0.1, 0.15) is 0 Å². The number of carbonyl (C=O) groups excluding carboxylic acids is 2. The third kappa shape index (κ3) is 7.20. The summed E-state index contributed by atoms with van der Waals surface area (Å²) in [6.07, 6.45) is 7.23. The van der Waals surface area contributed by atoms with Gasteiger partial charge in [0.05, 0.1) is 4.90 Å². The number of anilines is 2. The number of aryl methyl sites for hydroxylation is 1. The smallest absolute Gasteiger partial charge is 0.322 e. The fourth-order valence-corrected chi connectivity index (χ4v) is 6.80. The molecule has 0 aromatic heterocycles. The van der Waals surface area contributed by atoms with E-state index in [1.54, 1.807) is 0 Å². The third-order valence-corrected chi connectivity index (χ3v) is 9.62. The highest BCUT2D eigenvalue weighted by Crippen LogP contribution is 2.29. The summed E-state index contributed by atoms with van der Waals surface area (Å²) in [6.45, 7) is 4.72. The fraction of sp³-hybridized carbons (Fsp3) is 0.394. The summed E-state index contributed by atoms with van der Waals surface area (Å²) >= 11 is 0. The zero-order chi connectivity index (χ0) is 29.7. The Bertz CT molecular complexity index is 1510. The van der Waals surface area contributed by atoms with E-state index in [0.717, 1.165) is 75.8 Å². The van der Waals surface area contributed by atoms with Gasteiger partial charge in [0.15, 0.2) is 9.84 Å². The molecule has 1 saturated heterocycles. The molecule has 5 rings (SSSR count). The Labute approximate surface area is 249 Å². The summed E-state index contributed by atoms with van der Waals surface area (Å²) in [4.78, 5) is 30.8. The van der Waals surface area contributed by atoms with Crippen LogP contribution in [-0.2, 0) is 22.7 Å². The Hall–Kier alpha value is -3.69. The van der Waals surface area contributed by atoms with Crippen LogP contribution in [0.5, 0.6) is 0 Å². The van der Waals surface area contributed by atoms with Gasteiger partial charge in [0.25, 0.3) is 5.91 Å². The Morgan fingerprint density at radius 2 is 1.67 bits per heavy atom. The molecule has 1 heterocycles. The van der Waals surface area contributed by atoms with E-state index in [-0.39, 0.29) is 22.9 Å². The van der Waals surface area contributed by atoms with Gasteiger partial charge in [0.2, 0.25) is 0 Å². The molecule has 3 amide bonds. The van der Waals surface area contributed by atoms with Crippen LogP contribution in [0.1, 0.15) is 54.1 Å². The first-order valence-electron chi connectivity index (χ1n) is 14.8. The molecule has 0 spiro atoms. The molecule has 0 bridgehead atoms. The molecule has 42 heavy (non-hydrogen) atoms. The van der Waals surface area contributed by atoms with Gasteiger partial charge >= 0.3 is 6.03 Å². The van der Waals surface area contributed by atoms with Crippen LogP contribution in [0.4, 0.5) is 16.2 Å². The number of amides is 3. The summed E-state index contributed by atoms with van der Waals surface area (Å²) in [7, 11) is -3.32. The number of sulfone groups is 1. The van der Waals surface area contributed by atoms with Crippen molar-refractivity contribution < 1.29 is 18.0 Å². The number of urea groups is 1. The van der Waals surface area contributed by atoms with Crippen LogP contribution in [0.25, 0.3) is 0 Å². The molecule has 0 radical (unpaired) electrons. The second-order valence-corrected chi connectivity index (χ2v) is 13.4. The average molecular weight is 589 g/mol. The van der Waals surface area contributed by atoms with E-state index in [2.05, 4.69) is 34.6 Å². The maximum Gasteiger partial charge on any atom is 0.322 e. The number of rotatable bonds is 8. The van der Waals surface area contributed by atoms with Gasteiger partial charge in [-0.15, -0.1) is 0 Å². The van der Waals surface area contributed by atoms with E-state index in [1.165, 1.54) is 35.4 Å². The van der Waals surface area contributed by atoms with Gasteiger partial charge in [-0.3, -0.25) is 9.69 Å². The van der Waals surface area contributed by atoms with E-state index in [4.69, 9.17) is 0 Å². The van der Waals surface area contributed by atoms with Crippen LogP contribution in [-0.4, -0.2) is 68.1 Å². The topological polar surface area (TPSA) is 98.8 Å². The first-order chi connectivity index (χ1) is 20.2. The minimum absolute atomic E-state index is 0.0257. The molecule has 1 aliphatic heterocycles. The van der Waals surface area contributed by atoms with Crippen molar-refractivity contribution in [3.05, 3.63) is 89.5 Å². The SMILES string of the molecule is CCN(CC1CCCCN1C(=O)Nc1ccccc1)C1CCc2ccc(NC(=O)c3ccc(S(C)(=O)=O)cc3)cc2C1. The van der Waals surface area contributed by atoms with Crippen molar-refractivity contribution in [2.45, 2.75) is 62.4 Å². The highest BCUT2D eigenvalue weighted by atomic mass is 32.2. The number of carbonyl (C=O) groups is 2. The second-order valence-electron chi connectivity index (χ2n) is 11.4. The highest BCUT2D eigenvalue weighted by molar-refractivity contribution is 7.90. The molecule has 8 nitrogen and oxygen atoms in total. The standard InChI is InChI=1S/C33H40N4O4S/c1-3-36(23-30-11-7-8-20-37(30)33(39)35-27-9-5-4-6-10-27)29-17-13-24-12-16-28(21-26(24)22-29)34-32(38)25-14-18-31(19-15-25)42(2,40)41/h4-6,9-10,12,14-16,18-19,21,29-30H,3,7-8,11,13,17,20,22-23H2,1-2H3,(H,34,38)(H,35,39). The lowest BCUT2D eigenvalue weighted by molar-refractivity contribution is 0.102. The molecular formula is C33H40N4O4S. The lowest BCUT2D eigenvalue weighted by Gasteiger charge is -2.42. The van der Waals surface area contributed by atoms with Crippen LogP contribution in [0.3, 0.4) is 0 Å². The van der Waals surface area contributed by atoms with Crippen molar-refractivity contribution in [3.63, 3.8) is 0 Å². The fourth-order valence-electron chi connectivity index (χ4n) is 6.17. The van der Waals surface area contributed by atoms with Crippen molar-refractivity contribution in [1.82, 2.24) is 9.80 Å². The van der Waals surface area contributed by atoms with Crippen LogP contribution >= 0.6 is 0 Å². The molecule has 3 aromatic carbocycles. The van der Waals surface area contributed by atoms with Gasteiger partial charge < -0.3 is 15.5 Å². The molecule has 9 heteroatoms. The van der Waals surface area contributed by atoms with Gasteiger partial charge in [-0.1, -0.05) is 31.2 Å². The van der Waals surface area contributed by atoms with E-state index in [0.29, 0.717) is 11.6 Å². The summed E-state index contributed by atoms with van der Waals surface area (Å²) in [5.74, 6) is -0.274. The van der Waals surface area contributed by atoms with Crippen LogP contribution in [0.15, 0.2) is 77.7 Å². The van der Waals surface area contributed by atoms with Crippen molar-refractivity contribution >= 4 is 33.2 Å². The number of nitrogens with one attached hydrogen (secondary N) is 2. The predicted octanol–water partition coefficient (Wildman–Crippen LogP) is 5.61. The van der Waals surface area contributed by atoms with Crippen molar-refractivity contribution in [3.8, 4) is 0 Å². The number of likely N-dealkylation sites (tertiary alicyclic amines) is 1. The number of nitrogens with zero attached hydrogens (tertiary/aromatic N) is 2. The third-order valence-electron chi connectivity index (χ3n) is 8.49. The van der Waals surface area contributed by atoms with E-state index in [9.17, 15) is 18.0 Å². The Balaban J connectivity index is 1.23. The maximum atomic E-state index is 13.2. The largest absolute Gasteiger partial charge is 0.322 e. The predicted molar refractivity (Wildman–Crippen MR) is 167 cm³/mol. The molecule has 222 valence electrons. The summed E-state index contributed by atoms with van der Waals surface area (Å²) in [5.41, 5.74) is 4.49. The second kappa shape index (κ2) is 13.1. The Morgan fingerprint density at radius 3 is 2.38 bits per heavy atom. The van der Waals surface area contributed by atoms with Crippen molar-refractivity contribution in [1.29, 1.82) is 0 Å². The molecule has 2 atom stereocenters. The number of piperidine rings is 1. The summed E-state index contributed by atoms with van der Waals surface area (Å²) < 4.78 is 23.5. The van der Waals surface area contributed by atoms with Gasteiger partial charge in [-0.05, 0) is 105 Å². The minimum Gasteiger partial charge on any atom is -0.322 e. The first-order valence-corrected chi connectivity index (χ1v) is 16.7. The number of benzene rings is 3. The minimum atomic E-state index is -3.32. The highest BCUT2D eigenvalue weighted by Gasteiger charge is 2.31. The van der Waals surface area contributed by atoms with Crippen molar-refractivity contribution in [2.24, 2.45) is 0 Å². The monoisotopic (exact) mass is 588 g/mol. The Kier molecular flexibility index (Phi) is 9.28. The number of likely N-dealkylation sites (N-methyl/N-ethyl adjacent to an activating group) is 1. The molecule has 3 aromatic rings. The molecule has 2 N–H and O–H groups in total. The van der Waals surface area contributed by atoms with Gasteiger partial charge in [0, 0.05) is 48.4 Å². The summed E-state index contributed by atoms with van der Waals surface area (Å²) in [6, 6.07) is 22.2. The zero-order valence-corrected chi connectivity index (χ0v) is 25.2. The zero-order valence-electron chi connectivity index (χ0n) is 24.4. The van der Waals surface area contributed by atoms with Crippen LogP contribution in [0.2, 0.25) is 0 Å². The molecule has 0 saturated carbocycles. The molecule has 2 unspecified atom stereocenters. The molecular weight excluding hydrogens is 548 g/mol. The van der Waals surface area contributed by atoms with Gasteiger partial charge in [-0.2, -0.15) is 0 Å². The molecule has 1 fully saturated rings. The van der Waals surface area contributed by atoms with E-state index >= 15 is 0 Å². The normalized spacial score (nSPS) is 18.8. The Morgan fingerprint density at radius 1 is 0.905 bits per heavy atom. The van der Waals surface area contributed by atoms with Crippen LogP contribution in [0, 0.1) is 0 Å².